The molecule has 0 radical (unpaired) electrons. The van der Waals surface area contributed by atoms with Gasteiger partial charge in [0.2, 0.25) is 0 Å². The van der Waals surface area contributed by atoms with Crippen molar-refractivity contribution in [2.24, 2.45) is 5.92 Å². The zero-order chi connectivity index (χ0) is 14.3. The van der Waals surface area contributed by atoms with E-state index in [0.29, 0.717) is 13.2 Å². The number of carboxylic acids is 1. The van der Waals surface area contributed by atoms with E-state index in [1.165, 1.54) is 0 Å². The molecule has 0 spiro atoms. The van der Waals surface area contributed by atoms with Gasteiger partial charge < -0.3 is 15.2 Å². The van der Waals surface area contributed by atoms with Gasteiger partial charge in [-0.05, 0) is 30.5 Å². The van der Waals surface area contributed by atoms with Gasteiger partial charge in [0, 0.05) is 6.54 Å². The number of nitrogens with one attached hydrogen (secondary N) is 1. The first-order valence-electron chi connectivity index (χ1n) is 6.70. The first-order chi connectivity index (χ1) is 9.04. The van der Waals surface area contributed by atoms with Crippen LogP contribution in [0.2, 0.25) is 0 Å². The van der Waals surface area contributed by atoms with Crippen LogP contribution in [-0.2, 0) is 4.79 Å². The zero-order valence-corrected chi connectivity index (χ0v) is 11.8. The number of rotatable bonds is 8. The average molecular weight is 265 g/mol. The fourth-order valence-electron chi connectivity index (χ4n) is 1.86. The molecule has 0 aliphatic heterocycles. The predicted octanol–water partition coefficient (Wildman–Crippen LogP) is 2.46. The molecule has 0 unspecified atom stereocenters. The number of hydrogen-bond acceptors (Lipinski definition) is 3. The second-order valence-corrected chi connectivity index (χ2v) is 4.82. The number of carboxylic acid groups (broad SMARTS) is 1. The van der Waals surface area contributed by atoms with E-state index in [-0.39, 0.29) is 5.92 Å². The lowest BCUT2D eigenvalue weighted by molar-refractivity contribution is -0.140. The summed E-state index contributed by atoms with van der Waals surface area (Å²) in [5.41, 5.74) is 1.15. The molecule has 0 aliphatic carbocycles. The van der Waals surface area contributed by atoms with Crippen LogP contribution < -0.4 is 10.1 Å². The molecular weight excluding hydrogens is 242 g/mol. The van der Waals surface area contributed by atoms with Crippen molar-refractivity contribution < 1.29 is 14.6 Å². The van der Waals surface area contributed by atoms with E-state index in [1.54, 1.807) is 0 Å². The van der Waals surface area contributed by atoms with Crippen LogP contribution in [0.3, 0.4) is 0 Å². The molecule has 4 nitrogen and oxygen atoms in total. The minimum absolute atomic E-state index is 0.108. The van der Waals surface area contributed by atoms with Crippen LogP contribution in [0.5, 0.6) is 5.75 Å². The first kappa shape index (κ1) is 15.5. The third kappa shape index (κ3) is 5.30. The van der Waals surface area contributed by atoms with Crippen molar-refractivity contribution in [2.75, 3.05) is 13.2 Å². The van der Waals surface area contributed by atoms with E-state index in [1.807, 2.05) is 45.0 Å². The monoisotopic (exact) mass is 265 g/mol. The van der Waals surface area contributed by atoms with Crippen LogP contribution in [0.4, 0.5) is 0 Å². The standard InChI is InChI=1S/C15H23NO3/c1-4-12(3)14(15(17)18)16-8-9-19-13-7-5-6-11(2)10-13/h5-7,10,12,14,16H,4,8-9H2,1-3H3,(H,17,18)/t12-,14-/m0/s1. The fraction of sp³-hybridized carbons (Fsp3) is 0.533. The van der Waals surface area contributed by atoms with Gasteiger partial charge in [-0.3, -0.25) is 4.79 Å². The predicted molar refractivity (Wildman–Crippen MR) is 75.6 cm³/mol. The summed E-state index contributed by atoms with van der Waals surface area (Å²) >= 11 is 0. The summed E-state index contributed by atoms with van der Waals surface area (Å²) in [5.74, 6) is 0.124. The normalized spacial score (nSPS) is 13.8. The van der Waals surface area contributed by atoms with Gasteiger partial charge in [-0.2, -0.15) is 0 Å². The molecule has 0 aromatic heterocycles. The van der Waals surface area contributed by atoms with Crippen molar-refractivity contribution in [2.45, 2.75) is 33.2 Å². The molecule has 1 aromatic carbocycles. The molecule has 0 heterocycles. The van der Waals surface area contributed by atoms with Crippen molar-refractivity contribution in [3.05, 3.63) is 29.8 Å². The number of aryl methyl sites for hydroxylation is 1. The van der Waals surface area contributed by atoms with Crippen LogP contribution in [0.1, 0.15) is 25.8 Å². The minimum atomic E-state index is -0.801. The summed E-state index contributed by atoms with van der Waals surface area (Å²) in [5, 5.41) is 12.2. The maximum Gasteiger partial charge on any atom is 0.320 e. The fourth-order valence-corrected chi connectivity index (χ4v) is 1.86. The van der Waals surface area contributed by atoms with E-state index in [4.69, 9.17) is 9.84 Å². The van der Waals surface area contributed by atoms with E-state index in [9.17, 15) is 4.79 Å². The summed E-state index contributed by atoms with van der Waals surface area (Å²) in [6.45, 7) is 6.92. The zero-order valence-electron chi connectivity index (χ0n) is 11.8. The van der Waals surface area contributed by atoms with Crippen LogP contribution in [0.25, 0.3) is 0 Å². The Balaban J connectivity index is 2.35. The third-order valence-corrected chi connectivity index (χ3v) is 3.20. The topological polar surface area (TPSA) is 58.6 Å². The van der Waals surface area contributed by atoms with Gasteiger partial charge in [0.15, 0.2) is 0 Å². The lowest BCUT2D eigenvalue weighted by Crippen LogP contribution is -2.43. The third-order valence-electron chi connectivity index (χ3n) is 3.20. The number of ether oxygens (including phenoxy) is 1. The van der Waals surface area contributed by atoms with Crippen molar-refractivity contribution in [3.63, 3.8) is 0 Å². The molecule has 0 fully saturated rings. The Morgan fingerprint density at radius 2 is 2.21 bits per heavy atom. The van der Waals surface area contributed by atoms with Gasteiger partial charge in [-0.25, -0.2) is 0 Å². The quantitative estimate of drug-likeness (QED) is 0.709. The molecule has 0 saturated carbocycles. The second-order valence-electron chi connectivity index (χ2n) is 4.82. The molecule has 0 saturated heterocycles. The summed E-state index contributed by atoms with van der Waals surface area (Å²) in [7, 11) is 0. The average Bonchev–Trinajstić information content (AvgIpc) is 2.37. The SMILES string of the molecule is CC[C@H](C)[C@H](NCCOc1cccc(C)c1)C(=O)O. The smallest absolute Gasteiger partial charge is 0.320 e. The van der Waals surface area contributed by atoms with Gasteiger partial charge in [0.25, 0.3) is 0 Å². The molecule has 0 bridgehead atoms. The summed E-state index contributed by atoms with van der Waals surface area (Å²) < 4.78 is 5.57. The largest absolute Gasteiger partial charge is 0.492 e. The molecule has 106 valence electrons. The molecule has 1 rings (SSSR count). The van der Waals surface area contributed by atoms with Gasteiger partial charge in [0.05, 0.1) is 0 Å². The van der Waals surface area contributed by atoms with E-state index in [2.05, 4.69) is 5.32 Å². The van der Waals surface area contributed by atoms with E-state index < -0.39 is 12.0 Å². The van der Waals surface area contributed by atoms with Gasteiger partial charge >= 0.3 is 5.97 Å². The van der Waals surface area contributed by atoms with Crippen molar-refractivity contribution in [1.82, 2.24) is 5.32 Å². The van der Waals surface area contributed by atoms with Crippen LogP contribution in [0.15, 0.2) is 24.3 Å². The molecule has 1 aromatic rings. The van der Waals surface area contributed by atoms with E-state index in [0.717, 1.165) is 17.7 Å². The Bertz CT molecular complexity index is 406. The molecular formula is C15H23NO3. The van der Waals surface area contributed by atoms with Gasteiger partial charge in [0.1, 0.15) is 18.4 Å². The molecule has 4 heteroatoms. The van der Waals surface area contributed by atoms with Crippen molar-refractivity contribution >= 4 is 5.97 Å². The highest BCUT2D eigenvalue weighted by molar-refractivity contribution is 5.73. The highest BCUT2D eigenvalue weighted by atomic mass is 16.5. The number of hydrogen-bond donors (Lipinski definition) is 2. The Labute approximate surface area is 114 Å². The molecule has 2 atom stereocenters. The number of aliphatic carboxylic acids is 1. The Morgan fingerprint density at radius 3 is 2.79 bits per heavy atom. The molecule has 0 aliphatic rings. The Morgan fingerprint density at radius 1 is 1.47 bits per heavy atom. The van der Waals surface area contributed by atoms with Crippen LogP contribution in [-0.4, -0.2) is 30.3 Å². The van der Waals surface area contributed by atoms with Gasteiger partial charge in [-0.15, -0.1) is 0 Å². The highest BCUT2D eigenvalue weighted by Gasteiger charge is 2.22. The Hall–Kier alpha value is -1.55. The molecule has 2 N–H and O–H groups in total. The highest BCUT2D eigenvalue weighted by Crippen LogP contribution is 2.12. The van der Waals surface area contributed by atoms with Crippen molar-refractivity contribution in [3.8, 4) is 5.75 Å². The summed E-state index contributed by atoms with van der Waals surface area (Å²) in [6.07, 6.45) is 0.836. The first-order valence-corrected chi connectivity index (χ1v) is 6.70. The van der Waals surface area contributed by atoms with Crippen LogP contribution in [0, 0.1) is 12.8 Å². The maximum absolute atomic E-state index is 11.1. The van der Waals surface area contributed by atoms with E-state index >= 15 is 0 Å². The lowest BCUT2D eigenvalue weighted by Gasteiger charge is -2.20. The molecule has 19 heavy (non-hydrogen) atoms. The lowest BCUT2D eigenvalue weighted by atomic mass is 9.99. The maximum atomic E-state index is 11.1. The number of benzene rings is 1. The summed E-state index contributed by atoms with van der Waals surface area (Å²) in [4.78, 5) is 11.1. The molecule has 0 amide bonds. The van der Waals surface area contributed by atoms with Gasteiger partial charge in [-0.1, -0.05) is 32.4 Å². The summed E-state index contributed by atoms with van der Waals surface area (Å²) in [6, 6.07) is 7.30. The Kier molecular flexibility index (Phi) is 6.36. The van der Waals surface area contributed by atoms with Crippen LogP contribution >= 0.6 is 0 Å². The number of carbonyl (C=O) groups is 1. The minimum Gasteiger partial charge on any atom is -0.492 e. The second kappa shape index (κ2) is 7.79. The van der Waals surface area contributed by atoms with Crippen molar-refractivity contribution in [1.29, 1.82) is 0 Å².